The van der Waals surface area contributed by atoms with Gasteiger partial charge in [0.25, 0.3) is 5.91 Å². The molecule has 10 heteroatoms. The predicted octanol–water partition coefficient (Wildman–Crippen LogP) is 1.94. The zero-order valence-corrected chi connectivity index (χ0v) is 14.4. The molecule has 1 aromatic carbocycles. The van der Waals surface area contributed by atoms with Crippen molar-refractivity contribution in [3.8, 4) is 5.75 Å². The Balaban J connectivity index is 2.14. The number of nitrogens with zero attached hydrogens (tertiary/aromatic N) is 3. The molecule has 0 unspecified atom stereocenters. The first-order chi connectivity index (χ1) is 12.1. The van der Waals surface area contributed by atoms with E-state index in [-0.39, 0.29) is 5.69 Å². The van der Waals surface area contributed by atoms with E-state index in [0.29, 0.717) is 17.0 Å². The molecule has 1 heterocycles. The molecular weight excluding hydrogens is 344 g/mol. The number of carbonyl (C=O) groups is 2. The van der Waals surface area contributed by atoms with Crippen molar-refractivity contribution < 1.29 is 24.4 Å². The largest absolute Gasteiger partial charge is 0.482 e. The fraction of sp³-hybridized carbons (Fsp3) is 0.312. The summed E-state index contributed by atoms with van der Waals surface area (Å²) in [5, 5.41) is 26.0. The number of benzene rings is 1. The van der Waals surface area contributed by atoms with E-state index in [2.05, 4.69) is 10.4 Å². The summed E-state index contributed by atoms with van der Waals surface area (Å²) >= 11 is 0. The lowest BCUT2D eigenvalue weighted by Crippen LogP contribution is -2.40. The molecule has 138 valence electrons. The van der Waals surface area contributed by atoms with Crippen LogP contribution < -0.4 is 10.1 Å². The number of hydrogen-bond donors (Lipinski definition) is 2. The fourth-order valence-electron chi connectivity index (χ4n) is 2.10. The molecule has 10 nitrogen and oxygen atoms in total. The van der Waals surface area contributed by atoms with Gasteiger partial charge >= 0.3 is 11.7 Å². The molecule has 2 rings (SSSR count). The summed E-state index contributed by atoms with van der Waals surface area (Å²) < 4.78 is 6.30. The number of aliphatic carboxylic acids is 1. The Morgan fingerprint density at radius 3 is 2.65 bits per heavy atom. The minimum Gasteiger partial charge on any atom is -0.482 e. The van der Waals surface area contributed by atoms with Crippen molar-refractivity contribution in [2.75, 3.05) is 11.9 Å². The van der Waals surface area contributed by atoms with Gasteiger partial charge in [0.1, 0.15) is 23.7 Å². The van der Waals surface area contributed by atoms with E-state index < -0.39 is 28.9 Å². The van der Waals surface area contributed by atoms with Crippen molar-refractivity contribution in [2.45, 2.75) is 26.3 Å². The summed E-state index contributed by atoms with van der Waals surface area (Å²) in [5.41, 5.74) is -0.197. The van der Waals surface area contributed by atoms with Crippen molar-refractivity contribution in [3.05, 3.63) is 46.3 Å². The smallest absolute Gasteiger partial charge is 0.341 e. The first-order valence-corrected chi connectivity index (χ1v) is 7.57. The van der Waals surface area contributed by atoms with Crippen molar-refractivity contribution in [1.82, 2.24) is 9.78 Å². The average molecular weight is 362 g/mol. The molecule has 0 aliphatic rings. The second-order valence-electron chi connectivity index (χ2n) is 6.07. The van der Waals surface area contributed by atoms with Gasteiger partial charge in [0, 0.05) is 5.69 Å². The molecule has 0 bridgehead atoms. The molecule has 0 aliphatic carbocycles. The zero-order chi connectivity index (χ0) is 19.5. The van der Waals surface area contributed by atoms with Crippen molar-refractivity contribution >= 4 is 23.3 Å². The van der Waals surface area contributed by atoms with Crippen LogP contribution in [0.1, 0.15) is 19.4 Å². The number of amides is 1. The average Bonchev–Trinajstić information content (AvgIpc) is 3.06. The van der Waals surface area contributed by atoms with Gasteiger partial charge in [-0.15, -0.1) is 0 Å². The number of nitro groups is 1. The summed E-state index contributed by atoms with van der Waals surface area (Å²) in [7, 11) is 0. The van der Waals surface area contributed by atoms with Crippen LogP contribution in [0.5, 0.6) is 5.75 Å². The Hall–Kier alpha value is -3.43. The first kappa shape index (κ1) is 18.9. The van der Waals surface area contributed by atoms with Crippen molar-refractivity contribution in [2.24, 2.45) is 0 Å². The van der Waals surface area contributed by atoms with Crippen LogP contribution in [0.3, 0.4) is 0 Å². The molecule has 1 amide bonds. The second-order valence-corrected chi connectivity index (χ2v) is 6.07. The normalized spacial score (nSPS) is 11.0. The van der Waals surface area contributed by atoms with E-state index in [4.69, 9.17) is 9.84 Å². The Morgan fingerprint density at radius 2 is 2.12 bits per heavy atom. The number of hydrogen-bond acceptors (Lipinski definition) is 6. The van der Waals surface area contributed by atoms with Crippen LogP contribution in [0.2, 0.25) is 0 Å². The number of nitrogens with one attached hydrogen (secondary N) is 1. The van der Waals surface area contributed by atoms with E-state index in [1.54, 1.807) is 32.9 Å². The molecule has 26 heavy (non-hydrogen) atoms. The van der Waals surface area contributed by atoms with Gasteiger partial charge < -0.3 is 15.2 Å². The van der Waals surface area contributed by atoms with E-state index in [1.165, 1.54) is 16.9 Å². The maximum atomic E-state index is 12.6. The maximum absolute atomic E-state index is 12.6. The Bertz CT molecular complexity index is 858. The highest BCUT2D eigenvalue weighted by Crippen LogP contribution is 2.25. The lowest BCUT2D eigenvalue weighted by atomic mass is 10.0. The van der Waals surface area contributed by atoms with Gasteiger partial charge in [-0.1, -0.05) is 0 Å². The number of rotatable bonds is 7. The predicted molar refractivity (Wildman–Crippen MR) is 91.1 cm³/mol. The van der Waals surface area contributed by atoms with Crippen LogP contribution in [0.4, 0.5) is 11.4 Å². The molecule has 0 radical (unpaired) electrons. The minimum absolute atomic E-state index is 0.206. The summed E-state index contributed by atoms with van der Waals surface area (Å²) in [5.74, 6) is -1.14. The van der Waals surface area contributed by atoms with Crippen molar-refractivity contribution in [3.63, 3.8) is 0 Å². The second kappa shape index (κ2) is 7.21. The van der Waals surface area contributed by atoms with E-state index in [0.717, 1.165) is 6.20 Å². The molecule has 0 aliphatic heterocycles. The standard InChI is InChI=1S/C16H18N4O6/c1-10-6-12(26-9-14(21)22)4-5-13(10)18-15(23)16(2,3)19-8-11(7-17-19)20(24)25/h4-8H,9H2,1-3H3,(H,18,23)(H,21,22). The Morgan fingerprint density at radius 1 is 1.42 bits per heavy atom. The molecule has 0 spiro atoms. The highest BCUT2D eigenvalue weighted by atomic mass is 16.6. The molecule has 1 aromatic heterocycles. The summed E-state index contributed by atoms with van der Waals surface area (Å²) in [6.45, 7) is 4.43. The fourth-order valence-corrected chi connectivity index (χ4v) is 2.10. The van der Waals surface area contributed by atoms with Gasteiger partial charge in [-0.3, -0.25) is 19.6 Å². The topological polar surface area (TPSA) is 137 Å². The van der Waals surface area contributed by atoms with Crippen LogP contribution in [-0.4, -0.2) is 38.3 Å². The number of ether oxygens (including phenoxy) is 1. The molecule has 0 atom stereocenters. The molecular formula is C16H18N4O6. The number of aromatic nitrogens is 2. The van der Waals surface area contributed by atoms with Crippen LogP contribution >= 0.6 is 0 Å². The highest BCUT2D eigenvalue weighted by Gasteiger charge is 2.32. The summed E-state index contributed by atoms with van der Waals surface area (Å²) in [4.78, 5) is 33.3. The molecule has 0 saturated heterocycles. The third-order valence-corrected chi connectivity index (χ3v) is 3.72. The third-order valence-electron chi connectivity index (χ3n) is 3.72. The van der Waals surface area contributed by atoms with E-state index in [1.807, 2.05) is 0 Å². The lowest BCUT2D eigenvalue weighted by molar-refractivity contribution is -0.385. The van der Waals surface area contributed by atoms with Crippen LogP contribution in [0.25, 0.3) is 0 Å². The molecule has 0 saturated carbocycles. The van der Waals surface area contributed by atoms with Gasteiger partial charge in [0.15, 0.2) is 6.61 Å². The zero-order valence-electron chi connectivity index (χ0n) is 14.4. The number of carbonyl (C=O) groups excluding carboxylic acids is 1. The molecule has 2 aromatic rings. The highest BCUT2D eigenvalue weighted by molar-refractivity contribution is 5.96. The van der Waals surface area contributed by atoms with E-state index >= 15 is 0 Å². The Labute approximate surface area is 148 Å². The monoisotopic (exact) mass is 362 g/mol. The van der Waals surface area contributed by atoms with Gasteiger partial charge in [0.05, 0.1) is 4.92 Å². The van der Waals surface area contributed by atoms with Crippen LogP contribution in [-0.2, 0) is 15.1 Å². The number of anilines is 1. The number of aryl methyl sites for hydroxylation is 1. The van der Waals surface area contributed by atoms with Gasteiger partial charge in [0.2, 0.25) is 0 Å². The van der Waals surface area contributed by atoms with Crippen LogP contribution in [0.15, 0.2) is 30.6 Å². The SMILES string of the molecule is Cc1cc(OCC(=O)O)ccc1NC(=O)C(C)(C)n1cc([N+](=O)[O-])cn1. The van der Waals surface area contributed by atoms with Gasteiger partial charge in [-0.25, -0.2) is 4.79 Å². The Kier molecular flexibility index (Phi) is 5.24. The summed E-state index contributed by atoms with van der Waals surface area (Å²) in [6.07, 6.45) is 2.27. The van der Waals surface area contributed by atoms with Gasteiger partial charge in [-0.2, -0.15) is 5.10 Å². The third kappa shape index (κ3) is 4.15. The minimum atomic E-state index is -1.17. The van der Waals surface area contributed by atoms with E-state index in [9.17, 15) is 19.7 Å². The number of carboxylic acids is 1. The molecule has 0 fully saturated rings. The quantitative estimate of drug-likeness (QED) is 0.567. The maximum Gasteiger partial charge on any atom is 0.341 e. The van der Waals surface area contributed by atoms with Gasteiger partial charge in [-0.05, 0) is 44.5 Å². The lowest BCUT2D eigenvalue weighted by Gasteiger charge is -2.24. The number of carboxylic acid groups (broad SMARTS) is 1. The van der Waals surface area contributed by atoms with Crippen LogP contribution in [0, 0.1) is 17.0 Å². The summed E-state index contributed by atoms with van der Waals surface area (Å²) in [6, 6.07) is 4.73. The van der Waals surface area contributed by atoms with Crippen molar-refractivity contribution in [1.29, 1.82) is 0 Å². The first-order valence-electron chi connectivity index (χ1n) is 7.57. The molecule has 2 N–H and O–H groups in total.